The molecule has 1 amide bonds. The normalized spacial score (nSPS) is 10.2. The maximum Gasteiger partial charge on any atom is 0.251 e. The molecule has 88 valence electrons. The maximum absolute atomic E-state index is 11.9. The number of hydrogen-bond acceptors (Lipinski definition) is 4. The standard InChI is InChI=1S/C12H13N3OS/c1-8-5-3-4-6-10(8)12(16)13-7-11-15-14-9(2)17-11/h3-6H,7H2,1-2H3,(H,13,16). The van der Waals surface area contributed by atoms with Gasteiger partial charge in [0.15, 0.2) is 0 Å². The number of rotatable bonds is 3. The molecule has 1 aromatic carbocycles. The van der Waals surface area contributed by atoms with Crippen LogP contribution in [0.15, 0.2) is 24.3 Å². The minimum atomic E-state index is -0.0732. The van der Waals surface area contributed by atoms with Gasteiger partial charge in [-0.25, -0.2) is 0 Å². The van der Waals surface area contributed by atoms with E-state index < -0.39 is 0 Å². The van der Waals surface area contributed by atoms with E-state index in [2.05, 4.69) is 15.5 Å². The molecular formula is C12H13N3OS. The molecule has 2 aromatic rings. The van der Waals surface area contributed by atoms with Crippen LogP contribution in [0.2, 0.25) is 0 Å². The molecule has 0 aliphatic rings. The summed E-state index contributed by atoms with van der Waals surface area (Å²) >= 11 is 1.49. The molecule has 17 heavy (non-hydrogen) atoms. The minimum Gasteiger partial charge on any atom is -0.345 e. The van der Waals surface area contributed by atoms with Gasteiger partial charge in [-0.05, 0) is 25.5 Å². The Morgan fingerprint density at radius 1 is 1.29 bits per heavy atom. The van der Waals surface area contributed by atoms with Crippen molar-refractivity contribution in [3.63, 3.8) is 0 Å². The summed E-state index contributed by atoms with van der Waals surface area (Å²) in [7, 11) is 0. The molecule has 4 nitrogen and oxygen atoms in total. The van der Waals surface area contributed by atoms with Crippen molar-refractivity contribution < 1.29 is 4.79 Å². The van der Waals surface area contributed by atoms with Gasteiger partial charge in [-0.3, -0.25) is 4.79 Å². The summed E-state index contributed by atoms with van der Waals surface area (Å²) in [5.41, 5.74) is 1.67. The monoisotopic (exact) mass is 247 g/mol. The SMILES string of the molecule is Cc1nnc(CNC(=O)c2ccccc2C)s1. The predicted octanol–water partition coefficient (Wildman–Crippen LogP) is 2.08. The predicted molar refractivity (Wildman–Crippen MR) is 67.0 cm³/mol. The smallest absolute Gasteiger partial charge is 0.251 e. The van der Waals surface area contributed by atoms with E-state index in [9.17, 15) is 4.79 Å². The molecule has 0 spiro atoms. The van der Waals surface area contributed by atoms with E-state index in [-0.39, 0.29) is 5.91 Å². The van der Waals surface area contributed by atoms with Gasteiger partial charge in [0.05, 0.1) is 6.54 Å². The number of benzene rings is 1. The Morgan fingerprint density at radius 3 is 2.71 bits per heavy atom. The summed E-state index contributed by atoms with van der Waals surface area (Å²) in [6.45, 7) is 4.24. The third-order valence-electron chi connectivity index (χ3n) is 2.36. The van der Waals surface area contributed by atoms with Crippen LogP contribution in [0, 0.1) is 13.8 Å². The third kappa shape index (κ3) is 2.88. The highest BCUT2D eigenvalue weighted by atomic mass is 32.1. The summed E-state index contributed by atoms with van der Waals surface area (Å²) in [5, 5.41) is 12.4. The van der Waals surface area contributed by atoms with Crippen molar-refractivity contribution in [3.05, 3.63) is 45.4 Å². The minimum absolute atomic E-state index is 0.0732. The highest BCUT2D eigenvalue weighted by molar-refractivity contribution is 7.11. The average molecular weight is 247 g/mol. The van der Waals surface area contributed by atoms with Crippen molar-refractivity contribution in [1.29, 1.82) is 0 Å². The van der Waals surface area contributed by atoms with E-state index in [1.165, 1.54) is 11.3 Å². The second-order valence-electron chi connectivity index (χ2n) is 3.71. The molecule has 1 heterocycles. The van der Waals surface area contributed by atoms with Crippen molar-refractivity contribution in [3.8, 4) is 0 Å². The number of aryl methyl sites for hydroxylation is 2. The molecular weight excluding hydrogens is 234 g/mol. The van der Waals surface area contributed by atoms with E-state index in [0.717, 1.165) is 15.6 Å². The van der Waals surface area contributed by atoms with Crippen LogP contribution in [0.4, 0.5) is 0 Å². The molecule has 0 saturated heterocycles. The fourth-order valence-corrected chi connectivity index (χ4v) is 2.14. The molecule has 2 rings (SSSR count). The topological polar surface area (TPSA) is 54.9 Å². The van der Waals surface area contributed by atoms with Crippen LogP contribution >= 0.6 is 11.3 Å². The van der Waals surface area contributed by atoms with Gasteiger partial charge in [0, 0.05) is 5.56 Å². The summed E-state index contributed by atoms with van der Waals surface area (Å²) in [5.74, 6) is -0.0732. The van der Waals surface area contributed by atoms with Gasteiger partial charge in [0.25, 0.3) is 5.91 Å². The van der Waals surface area contributed by atoms with Gasteiger partial charge in [-0.1, -0.05) is 29.5 Å². The van der Waals surface area contributed by atoms with Crippen LogP contribution in [-0.2, 0) is 6.54 Å². The van der Waals surface area contributed by atoms with Gasteiger partial charge in [-0.2, -0.15) is 0 Å². The van der Waals surface area contributed by atoms with Crippen molar-refractivity contribution in [2.24, 2.45) is 0 Å². The quantitative estimate of drug-likeness (QED) is 0.903. The maximum atomic E-state index is 11.9. The second kappa shape index (κ2) is 5.05. The van der Waals surface area contributed by atoms with E-state index in [4.69, 9.17) is 0 Å². The number of carbonyl (C=O) groups excluding carboxylic acids is 1. The Labute approximate surface area is 104 Å². The van der Waals surface area contributed by atoms with Gasteiger partial charge in [-0.15, -0.1) is 10.2 Å². The molecule has 0 atom stereocenters. The summed E-state index contributed by atoms with van der Waals surface area (Å²) < 4.78 is 0. The van der Waals surface area contributed by atoms with E-state index in [0.29, 0.717) is 12.1 Å². The number of carbonyl (C=O) groups is 1. The molecule has 0 fully saturated rings. The molecule has 1 aromatic heterocycles. The Bertz CT molecular complexity index is 536. The first-order chi connectivity index (χ1) is 8.16. The highest BCUT2D eigenvalue weighted by Gasteiger charge is 2.08. The molecule has 0 bridgehead atoms. The Morgan fingerprint density at radius 2 is 2.06 bits per heavy atom. The zero-order chi connectivity index (χ0) is 12.3. The molecule has 5 heteroatoms. The number of nitrogens with one attached hydrogen (secondary N) is 1. The first-order valence-corrected chi connectivity index (χ1v) is 6.11. The lowest BCUT2D eigenvalue weighted by Gasteiger charge is -2.05. The Balaban J connectivity index is 2.01. The Hall–Kier alpha value is -1.75. The summed E-state index contributed by atoms with van der Waals surface area (Å²) in [4.78, 5) is 11.9. The first kappa shape index (κ1) is 11.7. The van der Waals surface area contributed by atoms with Gasteiger partial charge in [0.2, 0.25) is 0 Å². The van der Waals surface area contributed by atoms with Gasteiger partial charge < -0.3 is 5.32 Å². The lowest BCUT2D eigenvalue weighted by molar-refractivity contribution is 0.0950. The second-order valence-corrected chi connectivity index (χ2v) is 4.98. The van der Waals surface area contributed by atoms with Gasteiger partial charge in [0.1, 0.15) is 10.0 Å². The number of hydrogen-bond donors (Lipinski definition) is 1. The van der Waals surface area contributed by atoms with E-state index in [1.807, 2.05) is 38.1 Å². The van der Waals surface area contributed by atoms with E-state index in [1.54, 1.807) is 0 Å². The van der Waals surface area contributed by atoms with Crippen LogP contribution in [0.25, 0.3) is 0 Å². The summed E-state index contributed by atoms with van der Waals surface area (Å²) in [6.07, 6.45) is 0. The molecule has 0 radical (unpaired) electrons. The molecule has 0 unspecified atom stereocenters. The molecule has 1 N–H and O–H groups in total. The van der Waals surface area contributed by atoms with Crippen molar-refractivity contribution >= 4 is 17.2 Å². The number of aromatic nitrogens is 2. The molecule has 0 saturated carbocycles. The zero-order valence-corrected chi connectivity index (χ0v) is 10.5. The number of nitrogens with zero attached hydrogens (tertiary/aromatic N) is 2. The summed E-state index contributed by atoms with van der Waals surface area (Å²) in [6, 6.07) is 7.51. The number of amides is 1. The van der Waals surface area contributed by atoms with Crippen molar-refractivity contribution in [2.75, 3.05) is 0 Å². The highest BCUT2D eigenvalue weighted by Crippen LogP contribution is 2.09. The largest absolute Gasteiger partial charge is 0.345 e. The first-order valence-electron chi connectivity index (χ1n) is 5.29. The fraction of sp³-hybridized carbons (Fsp3) is 0.250. The van der Waals surface area contributed by atoms with Crippen LogP contribution < -0.4 is 5.32 Å². The lowest BCUT2D eigenvalue weighted by Crippen LogP contribution is -2.23. The van der Waals surface area contributed by atoms with Crippen LogP contribution in [-0.4, -0.2) is 16.1 Å². The lowest BCUT2D eigenvalue weighted by atomic mass is 10.1. The van der Waals surface area contributed by atoms with Crippen molar-refractivity contribution in [2.45, 2.75) is 20.4 Å². The van der Waals surface area contributed by atoms with E-state index >= 15 is 0 Å². The third-order valence-corrected chi connectivity index (χ3v) is 3.20. The van der Waals surface area contributed by atoms with Crippen LogP contribution in [0.5, 0.6) is 0 Å². The van der Waals surface area contributed by atoms with Crippen LogP contribution in [0.1, 0.15) is 25.9 Å². The Kier molecular flexibility index (Phi) is 3.49. The van der Waals surface area contributed by atoms with Crippen LogP contribution in [0.3, 0.4) is 0 Å². The fourth-order valence-electron chi connectivity index (χ4n) is 1.49. The van der Waals surface area contributed by atoms with Gasteiger partial charge >= 0.3 is 0 Å². The molecule has 0 aliphatic carbocycles. The zero-order valence-electron chi connectivity index (χ0n) is 9.73. The molecule has 0 aliphatic heterocycles. The van der Waals surface area contributed by atoms with Crippen molar-refractivity contribution in [1.82, 2.24) is 15.5 Å². The average Bonchev–Trinajstić information content (AvgIpc) is 2.73.